The van der Waals surface area contributed by atoms with Crippen LogP contribution in [0.1, 0.15) is 56.8 Å². The Bertz CT molecular complexity index is 773. The first kappa shape index (κ1) is 18.0. The molecule has 3 heterocycles. The molecule has 0 spiro atoms. The number of carbonyl (C=O) groups is 1. The van der Waals surface area contributed by atoms with Gasteiger partial charge in [-0.3, -0.25) is 9.89 Å². The number of piperidine rings is 1. The number of aryl methyl sites for hydroxylation is 2. The van der Waals surface area contributed by atoms with E-state index in [0.29, 0.717) is 18.9 Å². The van der Waals surface area contributed by atoms with Crippen molar-refractivity contribution in [2.24, 2.45) is 0 Å². The van der Waals surface area contributed by atoms with E-state index in [9.17, 15) is 4.79 Å². The van der Waals surface area contributed by atoms with Gasteiger partial charge >= 0.3 is 0 Å². The predicted molar refractivity (Wildman–Crippen MR) is 107 cm³/mol. The van der Waals surface area contributed by atoms with Crippen LogP contribution in [-0.2, 0) is 17.6 Å². The summed E-state index contributed by atoms with van der Waals surface area (Å²) >= 11 is 0. The molecule has 1 fully saturated rings. The summed E-state index contributed by atoms with van der Waals surface area (Å²) in [5.74, 6) is 0.941. The second-order valence-electron chi connectivity index (χ2n) is 7.65. The number of anilines is 2. The monoisotopic (exact) mass is 367 g/mol. The number of nitrogens with zero attached hydrogens (tertiary/aromatic N) is 4. The third kappa shape index (κ3) is 3.84. The van der Waals surface area contributed by atoms with Gasteiger partial charge in [0.2, 0.25) is 5.91 Å². The highest BCUT2D eigenvalue weighted by Gasteiger charge is 2.25. The average molecular weight is 367 g/mol. The van der Waals surface area contributed by atoms with Crippen LogP contribution in [0.2, 0.25) is 0 Å². The van der Waals surface area contributed by atoms with E-state index in [1.807, 2.05) is 4.90 Å². The Balaban J connectivity index is 1.50. The Morgan fingerprint density at radius 1 is 1.26 bits per heavy atom. The van der Waals surface area contributed by atoms with Crippen LogP contribution in [0.3, 0.4) is 0 Å². The lowest BCUT2D eigenvalue weighted by molar-refractivity contribution is -0.118. The number of nitrogens with one attached hydrogen (secondary N) is 1. The topological polar surface area (TPSA) is 65.1 Å². The molecule has 0 saturated carbocycles. The van der Waals surface area contributed by atoms with Crippen molar-refractivity contribution < 1.29 is 4.79 Å². The summed E-state index contributed by atoms with van der Waals surface area (Å²) in [5.41, 5.74) is 3.74. The van der Waals surface area contributed by atoms with Gasteiger partial charge in [0.25, 0.3) is 0 Å². The Kier molecular flexibility index (Phi) is 5.41. The van der Waals surface area contributed by atoms with Crippen LogP contribution in [0.4, 0.5) is 11.4 Å². The van der Waals surface area contributed by atoms with Crippen molar-refractivity contribution >= 4 is 17.3 Å². The molecular formula is C21H29N5O. The molecule has 2 aliphatic heterocycles. The number of hydrogen-bond acceptors (Lipinski definition) is 4. The molecule has 2 aromatic rings. The molecule has 1 aromatic heterocycles. The van der Waals surface area contributed by atoms with Crippen molar-refractivity contribution in [1.82, 2.24) is 15.2 Å². The SMILES string of the molecule is CCC1CCCCN1c1ccc2c(c1)CCCN2C(=O)CCc1ncn[nH]1. The summed E-state index contributed by atoms with van der Waals surface area (Å²) in [6, 6.07) is 7.37. The van der Waals surface area contributed by atoms with Crippen LogP contribution in [0.25, 0.3) is 0 Å². The highest BCUT2D eigenvalue weighted by molar-refractivity contribution is 5.95. The van der Waals surface area contributed by atoms with E-state index in [2.05, 4.69) is 45.2 Å². The van der Waals surface area contributed by atoms with Gasteiger partial charge in [-0.15, -0.1) is 0 Å². The molecule has 4 rings (SSSR count). The normalized spacial score (nSPS) is 19.8. The smallest absolute Gasteiger partial charge is 0.227 e. The summed E-state index contributed by atoms with van der Waals surface area (Å²) in [6.45, 7) is 4.25. The number of aromatic nitrogens is 3. The van der Waals surface area contributed by atoms with E-state index in [1.54, 1.807) is 0 Å². The maximum atomic E-state index is 12.8. The molecule has 1 N–H and O–H groups in total. The fourth-order valence-corrected chi connectivity index (χ4v) is 4.50. The summed E-state index contributed by atoms with van der Waals surface area (Å²) in [6.07, 6.45) is 9.74. The number of benzene rings is 1. The minimum Gasteiger partial charge on any atom is -0.369 e. The van der Waals surface area contributed by atoms with Crippen molar-refractivity contribution in [3.63, 3.8) is 0 Å². The van der Waals surface area contributed by atoms with Gasteiger partial charge in [0.1, 0.15) is 12.2 Å². The van der Waals surface area contributed by atoms with Crippen LogP contribution >= 0.6 is 0 Å². The van der Waals surface area contributed by atoms with Crippen molar-refractivity contribution in [1.29, 1.82) is 0 Å². The van der Waals surface area contributed by atoms with E-state index in [-0.39, 0.29) is 5.91 Å². The second kappa shape index (κ2) is 8.11. The van der Waals surface area contributed by atoms with Crippen LogP contribution in [-0.4, -0.2) is 40.2 Å². The molecule has 6 nitrogen and oxygen atoms in total. The van der Waals surface area contributed by atoms with E-state index >= 15 is 0 Å². The fraction of sp³-hybridized carbons (Fsp3) is 0.571. The van der Waals surface area contributed by atoms with Gasteiger partial charge in [-0.2, -0.15) is 5.10 Å². The number of carbonyl (C=O) groups excluding carboxylic acids is 1. The van der Waals surface area contributed by atoms with E-state index in [0.717, 1.165) is 37.4 Å². The highest BCUT2D eigenvalue weighted by atomic mass is 16.2. The van der Waals surface area contributed by atoms with Crippen molar-refractivity contribution in [2.75, 3.05) is 22.9 Å². The minimum atomic E-state index is 0.171. The highest BCUT2D eigenvalue weighted by Crippen LogP contribution is 2.34. The number of H-pyrrole nitrogens is 1. The molecule has 6 heteroatoms. The molecule has 0 radical (unpaired) electrons. The molecule has 2 aliphatic rings. The van der Waals surface area contributed by atoms with Gasteiger partial charge in [0.15, 0.2) is 0 Å². The quantitative estimate of drug-likeness (QED) is 0.879. The van der Waals surface area contributed by atoms with Crippen molar-refractivity contribution in [3.8, 4) is 0 Å². The number of hydrogen-bond donors (Lipinski definition) is 1. The van der Waals surface area contributed by atoms with Gasteiger partial charge in [-0.25, -0.2) is 4.98 Å². The molecule has 1 amide bonds. The molecule has 1 aromatic carbocycles. The minimum absolute atomic E-state index is 0.171. The number of rotatable bonds is 5. The summed E-state index contributed by atoms with van der Waals surface area (Å²) in [7, 11) is 0. The van der Waals surface area contributed by atoms with Crippen LogP contribution in [0, 0.1) is 0 Å². The molecule has 1 unspecified atom stereocenters. The largest absolute Gasteiger partial charge is 0.369 e. The zero-order valence-electron chi connectivity index (χ0n) is 16.2. The lowest BCUT2D eigenvalue weighted by Crippen LogP contribution is -2.39. The first-order valence-electron chi connectivity index (χ1n) is 10.3. The number of amides is 1. The van der Waals surface area contributed by atoms with Crippen LogP contribution < -0.4 is 9.80 Å². The van der Waals surface area contributed by atoms with Gasteiger partial charge in [0, 0.05) is 43.3 Å². The van der Waals surface area contributed by atoms with Gasteiger partial charge in [-0.05, 0) is 62.3 Å². The lowest BCUT2D eigenvalue weighted by Gasteiger charge is -2.38. The molecule has 144 valence electrons. The predicted octanol–water partition coefficient (Wildman–Crippen LogP) is 3.49. The standard InChI is InChI=1S/C21H29N5O/c1-2-17-7-3-4-12-25(17)18-8-9-19-16(14-18)6-5-13-26(19)21(27)11-10-20-22-15-23-24-20/h8-9,14-15,17H,2-7,10-13H2,1H3,(H,22,23,24). The maximum absolute atomic E-state index is 12.8. The van der Waals surface area contributed by atoms with Crippen LogP contribution in [0.15, 0.2) is 24.5 Å². The van der Waals surface area contributed by atoms with Crippen LogP contribution in [0.5, 0.6) is 0 Å². The Morgan fingerprint density at radius 3 is 3.00 bits per heavy atom. The Morgan fingerprint density at radius 2 is 2.19 bits per heavy atom. The van der Waals surface area contributed by atoms with Gasteiger partial charge < -0.3 is 9.80 Å². The molecule has 1 atom stereocenters. The third-order valence-electron chi connectivity index (χ3n) is 5.95. The Labute approximate surface area is 161 Å². The number of fused-ring (bicyclic) bond motifs is 1. The van der Waals surface area contributed by atoms with E-state index in [1.165, 1.54) is 43.3 Å². The zero-order valence-corrected chi connectivity index (χ0v) is 16.2. The summed E-state index contributed by atoms with van der Waals surface area (Å²) in [4.78, 5) is 21.5. The average Bonchev–Trinajstić information content (AvgIpc) is 3.24. The van der Waals surface area contributed by atoms with Crippen molar-refractivity contribution in [2.45, 2.75) is 64.3 Å². The molecule has 0 bridgehead atoms. The van der Waals surface area contributed by atoms with Gasteiger partial charge in [-0.1, -0.05) is 6.92 Å². The van der Waals surface area contributed by atoms with Gasteiger partial charge in [0.05, 0.1) is 0 Å². The summed E-state index contributed by atoms with van der Waals surface area (Å²) in [5, 5.41) is 6.68. The lowest BCUT2D eigenvalue weighted by atomic mass is 9.96. The molecule has 1 saturated heterocycles. The maximum Gasteiger partial charge on any atom is 0.227 e. The molecule has 0 aliphatic carbocycles. The number of aromatic amines is 1. The first-order chi connectivity index (χ1) is 13.3. The first-order valence-corrected chi connectivity index (χ1v) is 10.3. The molecular weight excluding hydrogens is 338 g/mol. The van der Waals surface area contributed by atoms with Crippen molar-refractivity contribution in [3.05, 3.63) is 35.9 Å². The Hall–Kier alpha value is -2.37. The summed E-state index contributed by atoms with van der Waals surface area (Å²) < 4.78 is 0. The third-order valence-corrected chi connectivity index (χ3v) is 5.95. The van der Waals surface area contributed by atoms with E-state index < -0.39 is 0 Å². The second-order valence-corrected chi connectivity index (χ2v) is 7.65. The fourth-order valence-electron chi connectivity index (χ4n) is 4.50. The molecule has 27 heavy (non-hydrogen) atoms. The zero-order chi connectivity index (χ0) is 18.6. The van der Waals surface area contributed by atoms with E-state index in [4.69, 9.17) is 0 Å².